The van der Waals surface area contributed by atoms with E-state index in [1.807, 2.05) is 53.4 Å². The Kier molecular flexibility index (Phi) is 8.52. The number of nitrogens with zero attached hydrogens (tertiary/aromatic N) is 5. The van der Waals surface area contributed by atoms with Gasteiger partial charge in [-0.2, -0.15) is 0 Å². The molecule has 0 saturated carbocycles. The zero-order valence-corrected chi connectivity index (χ0v) is 24.7. The lowest BCUT2D eigenvalue weighted by molar-refractivity contribution is -0.169. The first-order chi connectivity index (χ1) is 20.0. The van der Waals surface area contributed by atoms with Crippen molar-refractivity contribution in [2.75, 3.05) is 69.4 Å². The van der Waals surface area contributed by atoms with E-state index in [0.717, 1.165) is 61.8 Å². The predicted molar refractivity (Wildman–Crippen MR) is 160 cm³/mol. The fourth-order valence-corrected chi connectivity index (χ4v) is 6.63. The van der Waals surface area contributed by atoms with Gasteiger partial charge in [-0.3, -0.25) is 4.79 Å². The van der Waals surface area contributed by atoms with E-state index in [4.69, 9.17) is 30.8 Å². The van der Waals surface area contributed by atoms with Crippen molar-refractivity contribution in [2.45, 2.75) is 29.5 Å². The Bertz CT molecular complexity index is 1350. The first kappa shape index (κ1) is 28.1. The number of rotatable bonds is 7. The van der Waals surface area contributed by atoms with Gasteiger partial charge in [-0.05, 0) is 29.8 Å². The summed E-state index contributed by atoms with van der Waals surface area (Å²) in [5, 5.41) is 1.06. The molecule has 3 fully saturated rings. The van der Waals surface area contributed by atoms with Crippen LogP contribution in [0, 0.1) is 0 Å². The maximum atomic E-state index is 13.2. The molecule has 11 heteroatoms. The molecule has 0 radical (unpaired) electrons. The van der Waals surface area contributed by atoms with Crippen LogP contribution in [0.4, 0.5) is 11.5 Å². The lowest BCUT2D eigenvalue weighted by atomic mass is 10.0. The molecular weight excluding hydrogens is 562 g/mol. The number of halogens is 1. The summed E-state index contributed by atoms with van der Waals surface area (Å²) in [6.45, 7) is 5.78. The Morgan fingerprint density at radius 3 is 2.37 bits per heavy atom. The van der Waals surface area contributed by atoms with E-state index in [2.05, 4.69) is 20.9 Å². The van der Waals surface area contributed by atoms with E-state index in [-0.39, 0.29) is 5.91 Å². The molecule has 1 amide bonds. The Morgan fingerprint density at radius 2 is 1.66 bits per heavy atom. The van der Waals surface area contributed by atoms with Gasteiger partial charge in [0.05, 0.1) is 26.0 Å². The second-order valence-corrected chi connectivity index (χ2v) is 11.7. The fraction of sp³-hybridized carbons (Fsp3) is 0.433. The molecule has 0 atom stereocenters. The van der Waals surface area contributed by atoms with Crippen LogP contribution >= 0.6 is 23.4 Å². The normalized spacial score (nSPS) is 18.6. The summed E-state index contributed by atoms with van der Waals surface area (Å²) in [6, 6.07) is 17.6. The number of thioether (sulfide) groups is 1. The standard InChI is InChI=1S/C30H34ClN5O4S/c1-38-25-5-3-2-4-24(25)34-14-16-36(17-15-34)28(37)23-8-6-22(7-9-23)21-41-29-32-26(31)20-27(33-29)35-12-10-30(11-13-35)39-18-19-40-30/h2-9,20H,10-19,21H2,1H3. The molecule has 3 aromatic rings. The van der Waals surface area contributed by atoms with Crippen molar-refractivity contribution in [1.82, 2.24) is 14.9 Å². The number of ether oxygens (including phenoxy) is 3. The molecule has 216 valence electrons. The van der Waals surface area contributed by atoms with Crippen molar-refractivity contribution in [3.8, 4) is 5.75 Å². The molecule has 0 bridgehead atoms. The van der Waals surface area contributed by atoms with Crippen molar-refractivity contribution in [3.05, 3.63) is 70.9 Å². The Hall–Kier alpha value is -3.05. The van der Waals surface area contributed by atoms with Crippen LogP contribution in [0.5, 0.6) is 5.75 Å². The lowest BCUT2D eigenvalue weighted by Crippen LogP contribution is -2.48. The largest absolute Gasteiger partial charge is 0.495 e. The summed E-state index contributed by atoms with van der Waals surface area (Å²) >= 11 is 7.90. The van der Waals surface area contributed by atoms with Gasteiger partial charge in [0.2, 0.25) is 0 Å². The minimum absolute atomic E-state index is 0.0587. The Labute approximate surface area is 249 Å². The van der Waals surface area contributed by atoms with Crippen LogP contribution in [0.2, 0.25) is 5.15 Å². The summed E-state index contributed by atoms with van der Waals surface area (Å²) < 4.78 is 17.2. The van der Waals surface area contributed by atoms with Gasteiger partial charge in [-0.1, -0.05) is 47.6 Å². The molecule has 1 aromatic heterocycles. The van der Waals surface area contributed by atoms with Crippen LogP contribution in [-0.4, -0.2) is 86.2 Å². The number of benzene rings is 2. The minimum Gasteiger partial charge on any atom is -0.495 e. The monoisotopic (exact) mass is 595 g/mol. The number of para-hydroxylation sites is 2. The first-order valence-electron chi connectivity index (χ1n) is 14.0. The molecule has 6 rings (SSSR count). The molecule has 0 aliphatic carbocycles. The highest BCUT2D eigenvalue weighted by Gasteiger charge is 2.40. The first-order valence-corrected chi connectivity index (χ1v) is 15.3. The van der Waals surface area contributed by atoms with Crippen molar-refractivity contribution < 1.29 is 19.0 Å². The number of hydrogen-bond donors (Lipinski definition) is 0. The summed E-state index contributed by atoms with van der Waals surface area (Å²) in [6.07, 6.45) is 1.61. The summed E-state index contributed by atoms with van der Waals surface area (Å²) in [5.41, 5.74) is 2.86. The van der Waals surface area contributed by atoms with E-state index in [9.17, 15) is 4.79 Å². The topological polar surface area (TPSA) is 80.3 Å². The van der Waals surface area contributed by atoms with Crippen molar-refractivity contribution in [2.24, 2.45) is 0 Å². The molecule has 4 heterocycles. The minimum atomic E-state index is -0.427. The average molecular weight is 596 g/mol. The molecule has 3 aliphatic rings. The zero-order chi connectivity index (χ0) is 28.2. The summed E-state index contributed by atoms with van der Waals surface area (Å²) in [4.78, 5) is 28.8. The number of carbonyl (C=O) groups excluding carboxylic acids is 1. The van der Waals surface area contributed by atoms with Crippen LogP contribution < -0.4 is 14.5 Å². The van der Waals surface area contributed by atoms with Crippen molar-refractivity contribution in [3.63, 3.8) is 0 Å². The number of anilines is 2. The summed E-state index contributed by atoms with van der Waals surface area (Å²) in [5.74, 6) is 1.99. The van der Waals surface area contributed by atoms with Crippen molar-refractivity contribution >= 4 is 40.8 Å². The maximum absolute atomic E-state index is 13.2. The van der Waals surface area contributed by atoms with Gasteiger partial charge in [0.15, 0.2) is 10.9 Å². The van der Waals surface area contributed by atoms with Crippen LogP contribution in [0.15, 0.2) is 59.8 Å². The summed E-state index contributed by atoms with van der Waals surface area (Å²) in [7, 11) is 1.69. The third-order valence-electron chi connectivity index (χ3n) is 7.89. The molecular formula is C30H34ClN5O4S. The molecule has 41 heavy (non-hydrogen) atoms. The molecule has 0 unspecified atom stereocenters. The SMILES string of the molecule is COc1ccccc1N1CCN(C(=O)c2ccc(CSc3nc(Cl)cc(N4CCC5(CC4)OCCO5)n3)cc2)CC1. The number of hydrogen-bond acceptors (Lipinski definition) is 9. The molecule has 1 spiro atoms. The third-order valence-corrected chi connectivity index (χ3v) is 9.00. The Morgan fingerprint density at radius 1 is 0.951 bits per heavy atom. The third kappa shape index (κ3) is 6.40. The molecule has 3 saturated heterocycles. The number of carbonyl (C=O) groups is 1. The quantitative estimate of drug-likeness (QED) is 0.219. The van der Waals surface area contributed by atoms with E-state index in [1.54, 1.807) is 7.11 Å². The van der Waals surface area contributed by atoms with Gasteiger partial charge in [0, 0.05) is 69.5 Å². The number of methoxy groups -OCH3 is 1. The number of aromatic nitrogens is 2. The highest BCUT2D eigenvalue weighted by atomic mass is 35.5. The van der Waals surface area contributed by atoms with Crippen LogP contribution in [-0.2, 0) is 15.2 Å². The average Bonchev–Trinajstić information content (AvgIpc) is 3.47. The van der Waals surface area contributed by atoms with Crippen LogP contribution in [0.25, 0.3) is 0 Å². The smallest absolute Gasteiger partial charge is 0.253 e. The van der Waals surface area contributed by atoms with Crippen molar-refractivity contribution in [1.29, 1.82) is 0 Å². The Balaban J connectivity index is 1.02. The van der Waals surface area contributed by atoms with Gasteiger partial charge in [0.25, 0.3) is 5.91 Å². The van der Waals surface area contributed by atoms with Gasteiger partial charge in [-0.15, -0.1) is 0 Å². The van der Waals surface area contributed by atoms with E-state index < -0.39 is 5.79 Å². The van der Waals surface area contributed by atoms with Gasteiger partial charge < -0.3 is 28.9 Å². The number of piperidine rings is 1. The van der Waals surface area contributed by atoms with Crippen LogP contribution in [0.3, 0.4) is 0 Å². The van der Waals surface area contributed by atoms with Gasteiger partial charge >= 0.3 is 0 Å². The maximum Gasteiger partial charge on any atom is 0.253 e. The molecule has 0 N–H and O–H groups in total. The fourth-order valence-electron chi connectivity index (χ4n) is 5.59. The van der Waals surface area contributed by atoms with Gasteiger partial charge in [-0.25, -0.2) is 9.97 Å². The molecule has 9 nitrogen and oxygen atoms in total. The zero-order valence-electron chi connectivity index (χ0n) is 23.1. The highest BCUT2D eigenvalue weighted by molar-refractivity contribution is 7.98. The van der Waals surface area contributed by atoms with E-state index >= 15 is 0 Å². The van der Waals surface area contributed by atoms with E-state index in [0.29, 0.717) is 47.9 Å². The second kappa shape index (κ2) is 12.4. The van der Waals surface area contributed by atoms with Gasteiger partial charge in [0.1, 0.15) is 16.7 Å². The highest BCUT2D eigenvalue weighted by Crippen LogP contribution is 2.34. The molecule has 3 aliphatic heterocycles. The second-order valence-electron chi connectivity index (χ2n) is 10.4. The predicted octanol–water partition coefficient (Wildman–Crippen LogP) is 4.74. The lowest BCUT2D eigenvalue weighted by Gasteiger charge is -2.38. The van der Waals surface area contributed by atoms with E-state index in [1.165, 1.54) is 11.8 Å². The molecule has 2 aromatic carbocycles. The number of amides is 1. The van der Waals surface area contributed by atoms with Crippen LogP contribution in [0.1, 0.15) is 28.8 Å². The number of piperazine rings is 1.